The average molecular weight is 339 g/mol. The van der Waals surface area contributed by atoms with Crippen molar-refractivity contribution < 1.29 is 9.47 Å². The normalized spacial score (nSPS) is 31.2. The Labute approximate surface area is 151 Å². The molecule has 0 radical (unpaired) electrons. The first-order chi connectivity index (χ1) is 11.8. The van der Waals surface area contributed by atoms with Crippen molar-refractivity contribution in [2.45, 2.75) is 116 Å². The van der Waals surface area contributed by atoms with E-state index in [4.69, 9.17) is 9.47 Å². The van der Waals surface area contributed by atoms with E-state index in [1.165, 1.54) is 89.9 Å². The fraction of sp³-hybridized carbons (Fsp3) is 1.00. The fourth-order valence-electron chi connectivity index (χ4n) is 4.50. The van der Waals surface area contributed by atoms with E-state index in [9.17, 15) is 0 Å². The van der Waals surface area contributed by atoms with Crippen LogP contribution in [0.2, 0.25) is 0 Å². The third kappa shape index (κ3) is 7.44. The highest BCUT2D eigenvalue weighted by atomic mass is 16.6. The molecule has 0 amide bonds. The molecule has 1 aliphatic carbocycles. The zero-order chi connectivity index (χ0) is 17.0. The molecule has 142 valence electrons. The Morgan fingerprint density at radius 2 is 1.33 bits per heavy atom. The number of unbranched alkanes of at least 4 members (excludes halogenated alkanes) is 6. The Balaban J connectivity index is 1.53. The zero-order valence-corrected chi connectivity index (χ0v) is 16.4. The summed E-state index contributed by atoms with van der Waals surface area (Å²) in [4.78, 5) is 0. The molecular weight excluding hydrogens is 296 g/mol. The van der Waals surface area contributed by atoms with E-state index < -0.39 is 0 Å². The first-order valence-electron chi connectivity index (χ1n) is 11.1. The van der Waals surface area contributed by atoms with Gasteiger partial charge < -0.3 is 9.47 Å². The number of rotatable bonds is 11. The van der Waals surface area contributed by atoms with Gasteiger partial charge in [0.1, 0.15) is 0 Å². The van der Waals surface area contributed by atoms with E-state index in [0.29, 0.717) is 12.2 Å². The Morgan fingerprint density at radius 3 is 2.00 bits per heavy atom. The molecule has 2 rings (SSSR count). The lowest BCUT2D eigenvalue weighted by Crippen LogP contribution is -2.41. The lowest BCUT2D eigenvalue weighted by Gasteiger charge is -2.38. The molecule has 24 heavy (non-hydrogen) atoms. The van der Waals surface area contributed by atoms with Crippen LogP contribution >= 0.6 is 0 Å². The summed E-state index contributed by atoms with van der Waals surface area (Å²) >= 11 is 0. The van der Waals surface area contributed by atoms with Crippen LogP contribution in [0, 0.1) is 11.8 Å². The number of hydrogen-bond acceptors (Lipinski definition) is 2. The minimum Gasteiger partial charge on any atom is -0.373 e. The van der Waals surface area contributed by atoms with Crippen LogP contribution in [-0.4, -0.2) is 25.4 Å². The topological polar surface area (TPSA) is 18.5 Å². The first kappa shape index (κ1) is 20.2. The monoisotopic (exact) mass is 338 g/mol. The molecule has 2 fully saturated rings. The smallest absolute Gasteiger partial charge is 0.0838 e. The summed E-state index contributed by atoms with van der Waals surface area (Å²) in [6.07, 6.45) is 20.0. The molecule has 0 bridgehead atoms. The molecule has 1 aliphatic heterocycles. The van der Waals surface area contributed by atoms with Crippen LogP contribution in [0.5, 0.6) is 0 Å². The molecule has 1 heterocycles. The molecule has 2 aliphatic rings. The SMILES string of the molecule is CCCCCCCC1CCC(C2COC(CCCCC)CO2)CC1. The maximum Gasteiger partial charge on any atom is 0.0838 e. The van der Waals surface area contributed by atoms with Gasteiger partial charge in [-0.25, -0.2) is 0 Å². The molecule has 0 spiro atoms. The largest absolute Gasteiger partial charge is 0.373 e. The van der Waals surface area contributed by atoms with Gasteiger partial charge in [-0.1, -0.05) is 84.5 Å². The van der Waals surface area contributed by atoms with Crippen molar-refractivity contribution in [2.75, 3.05) is 13.2 Å². The second-order valence-electron chi connectivity index (χ2n) is 8.31. The molecule has 0 N–H and O–H groups in total. The van der Waals surface area contributed by atoms with Gasteiger partial charge in [0, 0.05) is 0 Å². The van der Waals surface area contributed by atoms with E-state index in [-0.39, 0.29) is 0 Å². The van der Waals surface area contributed by atoms with E-state index in [2.05, 4.69) is 13.8 Å². The Hall–Kier alpha value is -0.0800. The van der Waals surface area contributed by atoms with Crippen LogP contribution in [-0.2, 0) is 9.47 Å². The predicted molar refractivity (Wildman–Crippen MR) is 102 cm³/mol. The maximum absolute atomic E-state index is 6.20. The molecular formula is C22H42O2. The first-order valence-corrected chi connectivity index (χ1v) is 11.1. The van der Waals surface area contributed by atoms with E-state index >= 15 is 0 Å². The summed E-state index contributed by atoms with van der Waals surface area (Å²) in [6.45, 7) is 6.25. The average Bonchev–Trinajstić information content (AvgIpc) is 2.63. The Bertz CT molecular complexity index is 288. The Morgan fingerprint density at radius 1 is 0.667 bits per heavy atom. The van der Waals surface area contributed by atoms with E-state index in [1.54, 1.807) is 0 Å². The second kappa shape index (κ2) is 12.3. The van der Waals surface area contributed by atoms with Crippen molar-refractivity contribution in [3.8, 4) is 0 Å². The van der Waals surface area contributed by atoms with Crippen molar-refractivity contribution in [1.82, 2.24) is 0 Å². The van der Waals surface area contributed by atoms with Crippen LogP contribution in [0.15, 0.2) is 0 Å². The highest BCUT2D eigenvalue weighted by Gasteiger charge is 2.31. The van der Waals surface area contributed by atoms with Gasteiger partial charge in [-0.05, 0) is 31.1 Å². The van der Waals surface area contributed by atoms with Crippen molar-refractivity contribution >= 4 is 0 Å². The maximum atomic E-state index is 6.20. The van der Waals surface area contributed by atoms with Gasteiger partial charge >= 0.3 is 0 Å². The highest BCUT2D eigenvalue weighted by molar-refractivity contribution is 4.81. The summed E-state index contributed by atoms with van der Waals surface area (Å²) in [5, 5.41) is 0. The van der Waals surface area contributed by atoms with Gasteiger partial charge in [0.25, 0.3) is 0 Å². The molecule has 2 heteroatoms. The Kier molecular flexibility index (Phi) is 10.4. The third-order valence-corrected chi connectivity index (χ3v) is 6.26. The summed E-state index contributed by atoms with van der Waals surface area (Å²) in [6, 6.07) is 0. The summed E-state index contributed by atoms with van der Waals surface area (Å²) < 4.78 is 12.3. The summed E-state index contributed by atoms with van der Waals surface area (Å²) in [5.74, 6) is 1.76. The van der Waals surface area contributed by atoms with Gasteiger partial charge in [0.05, 0.1) is 25.4 Å². The molecule has 1 saturated heterocycles. The van der Waals surface area contributed by atoms with Gasteiger partial charge in [-0.3, -0.25) is 0 Å². The van der Waals surface area contributed by atoms with Crippen molar-refractivity contribution in [3.05, 3.63) is 0 Å². The lowest BCUT2D eigenvalue weighted by molar-refractivity contribution is -0.157. The van der Waals surface area contributed by atoms with E-state index in [0.717, 1.165) is 25.0 Å². The fourth-order valence-corrected chi connectivity index (χ4v) is 4.50. The zero-order valence-electron chi connectivity index (χ0n) is 16.4. The van der Waals surface area contributed by atoms with Crippen LogP contribution in [0.25, 0.3) is 0 Å². The van der Waals surface area contributed by atoms with Crippen molar-refractivity contribution in [1.29, 1.82) is 0 Å². The molecule has 2 unspecified atom stereocenters. The highest BCUT2D eigenvalue weighted by Crippen LogP contribution is 2.35. The van der Waals surface area contributed by atoms with Gasteiger partial charge in [-0.15, -0.1) is 0 Å². The molecule has 0 aromatic carbocycles. The van der Waals surface area contributed by atoms with Crippen molar-refractivity contribution in [2.24, 2.45) is 11.8 Å². The standard InChI is InChI=1S/C22H42O2/c1-3-5-7-8-10-11-19-13-15-20(16-14-19)22-18-23-21(17-24-22)12-9-6-4-2/h19-22H,3-18H2,1-2H3. The molecule has 0 aromatic rings. The van der Waals surface area contributed by atoms with Gasteiger partial charge in [-0.2, -0.15) is 0 Å². The quantitative estimate of drug-likeness (QED) is 0.399. The minimum atomic E-state index is 0.368. The lowest BCUT2D eigenvalue weighted by atomic mass is 9.77. The summed E-state index contributed by atoms with van der Waals surface area (Å²) in [5.41, 5.74) is 0. The number of ether oxygens (including phenoxy) is 2. The molecule has 2 atom stereocenters. The number of hydrogen-bond donors (Lipinski definition) is 0. The summed E-state index contributed by atoms with van der Waals surface area (Å²) in [7, 11) is 0. The second-order valence-corrected chi connectivity index (χ2v) is 8.31. The van der Waals surface area contributed by atoms with Gasteiger partial charge in [0.2, 0.25) is 0 Å². The van der Waals surface area contributed by atoms with E-state index in [1.807, 2.05) is 0 Å². The molecule has 0 aromatic heterocycles. The predicted octanol–water partition coefficient (Wildman–Crippen LogP) is 6.52. The minimum absolute atomic E-state index is 0.368. The van der Waals surface area contributed by atoms with Crippen molar-refractivity contribution in [3.63, 3.8) is 0 Å². The van der Waals surface area contributed by atoms with Crippen LogP contribution in [0.3, 0.4) is 0 Å². The molecule has 1 saturated carbocycles. The molecule has 2 nitrogen and oxygen atoms in total. The van der Waals surface area contributed by atoms with Crippen LogP contribution in [0.1, 0.15) is 104 Å². The third-order valence-electron chi connectivity index (χ3n) is 6.26. The van der Waals surface area contributed by atoms with Crippen LogP contribution < -0.4 is 0 Å². The van der Waals surface area contributed by atoms with Crippen LogP contribution in [0.4, 0.5) is 0 Å². The van der Waals surface area contributed by atoms with Gasteiger partial charge in [0.15, 0.2) is 0 Å².